The zero-order valence-corrected chi connectivity index (χ0v) is 20.0. The first-order valence-corrected chi connectivity index (χ1v) is 11.4. The number of methoxy groups -OCH3 is 1. The van der Waals surface area contributed by atoms with Crippen LogP contribution >= 0.6 is 0 Å². The monoisotopic (exact) mass is 470 g/mol. The van der Waals surface area contributed by atoms with E-state index in [0.717, 1.165) is 13.1 Å². The van der Waals surface area contributed by atoms with Crippen LogP contribution in [0, 0.1) is 5.82 Å². The molecule has 1 amide bonds. The Morgan fingerprint density at radius 1 is 1.06 bits per heavy atom. The van der Waals surface area contributed by atoms with Crippen molar-refractivity contribution in [2.75, 3.05) is 39.9 Å². The van der Waals surface area contributed by atoms with Crippen molar-refractivity contribution >= 4 is 17.4 Å². The van der Waals surface area contributed by atoms with Crippen molar-refractivity contribution in [3.8, 4) is 11.5 Å². The second kappa shape index (κ2) is 11.2. The molecule has 0 aliphatic carbocycles. The highest BCUT2D eigenvalue weighted by Gasteiger charge is 2.46. The van der Waals surface area contributed by atoms with Crippen LogP contribution in [0.5, 0.6) is 11.5 Å². The standard InChI is InChI=1S/C26H31FN2O5/c1-5-28(6-2)14-15-29-23(18-10-13-20(34-7-3)21(16-18)33-4)22(25(31)26(29)32)24(30)17-8-11-19(27)12-9-17/h8-13,16,23,30H,5-7,14-15H2,1-4H3/b24-22+/t23-/m1/s1. The summed E-state index contributed by atoms with van der Waals surface area (Å²) < 4.78 is 24.5. The summed E-state index contributed by atoms with van der Waals surface area (Å²) >= 11 is 0. The average molecular weight is 471 g/mol. The minimum atomic E-state index is -0.829. The van der Waals surface area contributed by atoms with E-state index in [4.69, 9.17) is 9.47 Å². The second-order valence-electron chi connectivity index (χ2n) is 7.87. The maximum atomic E-state index is 13.4. The van der Waals surface area contributed by atoms with Gasteiger partial charge in [-0.2, -0.15) is 0 Å². The zero-order chi connectivity index (χ0) is 24.8. The van der Waals surface area contributed by atoms with Gasteiger partial charge in [-0.25, -0.2) is 4.39 Å². The predicted octanol–water partition coefficient (Wildman–Crippen LogP) is 4.00. The van der Waals surface area contributed by atoms with Crippen LogP contribution in [-0.4, -0.2) is 66.5 Å². The third-order valence-electron chi connectivity index (χ3n) is 6.01. The molecule has 0 bridgehead atoms. The number of halogens is 1. The van der Waals surface area contributed by atoms with Crippen LogP contribution < -0.4 is 9.47 Å². The van der Waals surface area contributed by atoms with E-state index in [1.165, 1.54) is 36.3 Å². The van der Waals surface area contributed by atoms with Crippen LogP contribution in [0.2, 0.25) is 0 Å². The van der Waals surface area contributed by atoms with Crippen molar-refractivity contribution in [1.82, 2.24) is 9.80 Å². The van der Waals surface area contributed by atoms with Gasteiger partial charge < -0.3 is 24.4 Å². The van der Waals surface area contributed by atoms with Gasteiger partial charge in [0.25, 0.3) is 11.7 Å². The van der Waals surface area contributed by atoms with Gasteiger partial charge in [-0.3, -0.25) is 9.59 Å². The molecule has 0 spiro atoms. The number of likely N-dealkylation sites (N-methyl/N-ethyl adjacent to an activating group) is 1. The Morgan fingerprint density at radius 2 is 1.74 bits per heavy atom. The number of aliphatic hydroxyl groups is 1. The van der Waals surface area contributed by atoms with Crippen LogP contribution in [0.3, 0.4) is 0 Å². The van der Waals surface area contributed by atoms with E-state index in [2.05, 4.69) is 4.90 Å². The van der Waals surface area contributed by atoms with Gasteiger partial charge in [0.15, 0.2) is 11.5 Å². The fourth-order valence-corrected chi connectivity index (χ4v) is 4.14. The Balaban J connectivity index is 2.14. The average Bonchev–Trinajstić information content (AvgIpc) is 3.10. The molecule has 1 N–H and O–H groups in total. The summed E-state index contributed by atoms with van der Waals surface area (Å²) in [6.45, 7) is 8.84. The van der Waals surface area contributed by atoms with E-state index in [0.29, 0.717) is 36.8 Å². The second-order valence-corrected chi connectivity index (χ2v) is 7.87. The van der Waals surface area contributed by atoms with E-state index in [1.54, 1.807) is 18.2 Å². The molecule has 7 nitrogen and oxygen atoms in total. The van der Waals surface area contributed by atoms with E-state index < -0.39 is 23.5 Å². The largest absolute Gasteiger partial charge is 0.507 e. The summed E-state index contributed by atoms with van der Waals surface area (Å²) in [6, 6.07) is 9.51. The normalized spacial score (nSPS) is 17.5. The van der Waals surface area contributed by atoms with Gasteiger partial charge in [0, 0.05) is 18.7 Å². The van der Waals surface area contributed by atoms with E-state index in [1.807, 2.05) is 20.8 Å². The van der Waals surface area contributed by atoms with Gasteiger partial charge in [-0.15, -0.1) is 0 Å². The van der Waals surface area contributed by atoms with Crippen molar-refractivity contribution in [1.29, 1.82) is 0 Å². The fraction of sp³-hybridized carbons (Fsp3) is 0.385. The van der Waals surface area contributed by atoms with Crippen LogP contribution in [0.4, 0.5) is 4.39 Å². The summed E-state index contributed by atoms with van der Waals surface area (Å²) in [6.07, 6.45) is 0. The first kappa shape index (κ1) is 25.2. The predicted molar refractivity (Wildman–Crippen MR) is 127 cm³/mol. The van der Waals surface area contributed by atoms with Crippen molar-refractivity contribution in [3.05, 3.63) is 65.0 Å². The van der Waals surface area contributed by atoms with Gasteiger partial charge in [0.05, 0.1) is 25.3 Å². The SMILES string of the molecule is CCOc1ccc([C@@H]2/C(=C(\O)c3ccc(F)cc3)C(=O)C(=O)N2CCN(CC)CC)cc1OC. The molecule has 182 valence electrons. The molecule has 0 aromatic heterocycles. The van der Waals surface area contributed by atoms with E-state index >= 15 is 0 Å². The van der Waals surface area contributed by atoms with Gasteiger partial charge in [0.2, 0.25) is 0 Å². The molecule has 34 heavy (non-hydrogen) atoms. The molecule has 1 saturated heterocycles. The lowest BCUT2D eigenvalue weighted by atomic mass is 9.95. The Hall–Kier alpha value is -3.39. The first-order chi connectivity index (χ1) is 16.4. The smallest absolute Gasteiger partial charge is 0.295 e. The minimum Gasteiger partial charge on any atom is -0.507 e. The summed E-state index contributed by atoms with van der Waals surface area (Å²) in [4.78, 5) is 29.9. The molecule has 1 aliphatic rings. The van der Waals surface area contributed by atoms with Crippen molar-refractivity contribution in [2.24, 2.45) is 0 Å². The molecule has 0 radical (unpaired) electrons. The molecular weight excluding hydrogens is 439 g/mol. The summed E-state index contributed by atoms with van der Waals surface area (Å²) in [7, 11) is 1.51. The van der Waals surface area contributed by atoms with Gasteiger partial charge in [0.1, 0.15) is 11.6 Å². The van der Waals surface area contributed by atoms with Gasteiger partial charge in [-0.05, 0) is 62.0 Å². The number of hydrogen-bond acceptors (Lipinski definition) is 6. The number of ketones is 1. The number of Topliss-reactive ketones (excluding diaryl/α,β-unsaturated/α-hetero) is 1. The summed E-state index contributed by atoms with van der Waals surface area (Å²) in [5, 5.41) is 11.1. The van der Waals surface area contributed by atoms with Crippen molar-refractivity contribution in [3.63, 3.8) is 0 Å². The molecule has 1 aliphatic heterocycles. The van der Waals surface area contributed by atoms with Crippen LogP contribution in [-0.2, 0) is 9.59 Å². The fourth-order valence-electron chi connectivity index (χ4n) is 4.14. The Morgan fingerprint density at radius 3 is 2.32 bits per heavy atom. The third kappa shape index (κ3) is 5.07. The zero-order valence-electron chi connectivity index (χ0n) is 20.0. The van der Waals surface area contributed by atoms with Crippen LogP contribution in [0.1, 0.15) is 37.9 Å². The summed E-state index contributed by atoms with van der Waals surface area (Å²) in [5.41, 5.74) is 0.816. The molecule has 0 saturated carbocycles. The third-order valence-corrected chi connectivity index (χ3v) is 6.01. The highest BCUT2D eigenvalue weighted by atomic mass is 19.1. The number of rotatable bonds is 10. The number of nitrogens with zero attached hydrogens (tertiary/aromatic N) is 2. The number of carbonyl (C=O) groups is 2. The van der Waals surface area contributed by atoms with Crippen molar-refractivity contribution < 1.29 is 28.6 Å². The lowest BCUT2D eigenvalue weighted by molar-refractivity contribution is -0.140. The van der Waals surface area contributed by atoms with Gasteiger partial charge in [-0.1, -0.05) is 19.9 Å². The first-order valence-electron chi connectivity index (χ1n) is 11.4. The highest BCUT2D eigenvalue weighted by Crippen LogP contribution is 2.41. The van der Waals surface area contributed by atoms with Crippen molar-refractivity contribution in [2.45, 2.75) is 26.8 Å². The number of aliphatic hydroxyl groups excluding tert-OH is 1. The molecule has 1 atom stereocenters. The van der Waals surface area contributed by atoms with E-state index in [-0.39, 0.29) is 16.9 Å². The highest BCUT2D eigenvalue weighted by molar-refractivity contribution is 6.46. The summed E-state index contributed by atoms with van der Waals surface area (Å²) in [5.74, 6) is -1.29. The minimum absolute atomic E-state index is 0.0395. The topological polar surface area (TPSA) is 79.3 Å². The molecule has 2 aromatic carbocycles. The number of likely N-dealkylation sites (tertiary alicyclic amines) is 1. The lowest BCUT2D eigenvalue weighted by Gasteiger charge is -2.28. The maximum absolute atomic E-state index is 13.4. The number of carbonyl (C=O) groups excluding carboxylic acids is 2. The molecule has 1 heterocycles. The lowest BCUT2D eigenvalue weighted by Crippen LogP contribution is -2.38. The molecule has 0 unspecified atom stereocenters. The number of amides is 1. The Bertz CT molecular complexity index is 1060. The molecule has 8 heteroatoms. The maximum Gasteiger partial charge on any atom is 0.295 e. The molecule has 3 rings (SSSR count). The van der Waals surface area contributed by atoms with Crippen LogP contribution in [0.15, 0.2) is 48.0 Å². The van der Waals surface area contributed by atoms with E-state index in [9.17, 15) is 19.1 Å². The molecular formula is C26H31FN2O5. The Kier molecular flexibility index (Phi) is 8.28. The quantitative estimate of drug-likeness (QED) is 0.321. The molecule has 1 fully saturated rings. The molecule has 2 aromatic rings. The van der Waals surface area contributed by atoms with Crippen LogP contribution in [0.25, 0.3) is 5.76 Å². The Labute approximate surface area is 199 Å². The number of benzene rings is 2. The number of hydrogen-bond donors (Lipinski definition) is 1. The number of ether oxygens (including phenoxy) is 2. The van der Waals surface area contributed by atoms with Gasteiger partial charge >= 0.3 is 0 Å².